The molecule has 1 heterocycles. The van der Waals surface area contributed by atoms with Crippen LogP contribution in [0.1, 0.15) is 17.2 Å². The molecule has 3 rings (SSSR count). The Morgan fingerprint density at radius 2 is 1.88 bits per heavy atom. The molecule has 2 aromatic carbocycles. The molecule has 0 fully saturated rings. The molecule has 1 unspecified atom stereocenters. The van der Waals surface area contributed by atoms with E-state index in [2.05, 4.69) is 20.8 Å². The molecule has 26 heavy (non-hydrogen) atoms. The summed E-state index contributed by atoms with van der Waals surface area (Å²) >= 11 is 0. The van der Waals surface area contributed by atoms with E-state index in [-0.39, 0.29) is 5.91 Å². The molecule has 0 aliphatic carbocycles. The minimum Gasteiger partial charge on any atom is -0.493 e. The molecule has 8 heteroatoms. The van der Waals surface area contributed by atoms with E-state index < -0.39 is 6.04 Å². The van der Waals surface area contributed by atoms with Gasteiger partial charge in [0.15, 0.2) is 17.5 Å². The number of hydrogen-bond donors (Lipinski definition) is 1. The minimum atomic E-state index is -0.647. The summed E-state index contributed by atoms with van der Waals surface area (Å²) in [5.41, 5.74) is 1.68. The number of amides is 1. The Hall–Kier alpha value is -3.42. The van der Waals surface area contributed by atoms with Crippen LogP contribution in [0.25, 0.3) is 0 Å². The number of methoxy groups -OCH3 is 2. The van der Waals surface area contributed by atoms with Crippen molar-refractivity contribution in [1.29, 1.82) is 0 Å². The summed E-state index contributed by atoms with van der Waals surface area (Å²) in [6, 6.07) is 14.2. The number of nitrogens with zero attached hydrogens (tertiary/aromatic N) is 4. The monoisotopic (exact) mass is 353 g/mol. The lowest BCUT2D eigenvalue weighted by molar-refractivity contribution is -0.123. The summed E-state index contributed by atoms with van der Waals surface area (Å²) in [6.45, 7) is 0.338. The second-order valence-electron chi connectivity index (χ2n) is 5.51. The van der Waals surface area contributed by atoms with Crippen molar-refractivity contribution in [3.63, 3.8) is 0 Å². The highest BCUT2D eigenvalue weighted by atomic mass is 16.5. The topological polar surface area (TPSA) is 91.2 Å². The highest BCUT2D eigenvalue weighted by Crippen LogP contribution is 2.27. The molecule has 0 spiro atoms. The Balaban J connectivity index is 1.77. The zero-order valence-corrected chi connectivity index (χ0v) is 14.5. The lowest BCUT2D eigenvalue weighted by Gasteiger charge is -2.17. The average Bonchev–Trinajstić information content (AvgIpc) is 3.21. The van der Waals surface area contributed by atoms with E-state index in [0.717, 1.165) is 11.1 Å². The van der Waals surface area contributed by atoms with Gasteiger partial charge in [-0.2, -0.15) is 0 Å². The van der Waals surface area contributed by atoms with Crippen LogP contribution in [0.3, 0.4) is 0 Å². The van der Waals surface area contributed by atoms with Gasteiger partial charge in [0.05, 0.1) is 14.2 Å². The van der Waals surface area contributed by atoms with E-state index >= 15 is 0 Å². The maximum atomic E-state index is 12.8. The summed E-state index contributed by atoms with van der Waals surface area (Å²) in [7, 11) is 3.15. The molecule has 1 aromatic heterocycles. The third-order valence-corrected chi connectivity index (χ3v) is 3.91. The first-order valence-corrected chi connectivity index (χ1v) is 7.99. The van der Waals surface area contributed by atoms with Crippen molar-refractivity contribution in [2.45, 2.75) is 12.6 Å². The predicted octanol–water partition coefficient (Wildman–Crippen LogP) is 1.60. The van der Waals surface area contributed by atoms with Gasteiger partial charge in [0.1, 0.15) is 6.33 Å². The molecule has 134 valence electrons. The molecule has 0 radical (unpaired) electrons. The van der Waals surface area contributed by atoms with Crippen molar-refractivity contribution in [2.75, 3.05) is 14.2 Å². The average molecular weight is 353 g/mol. The normalized spacial score (nSPS) is 11.6. The van der Waals surface area contributed by atoms with Gasteiger partial charge >= 0.3 is 0 Å². The van der Waals surface area contributed by atoms with Gasteiger partial charge in [-0.05, 0) is 33.7 Å². The summed E-state index contributed by atoms with van der Waals surface area (Å²) in [5, 5.41) is 14.1. The fourth-order valence-electron chi connectivity index (χ4n) is 2.62. The molecule has 0 aliphatic rings. The van der Waals surface area contributed by atoms with Crippen molar-refractivity contribution in [3.8, 4) is 11.5 Å². The Kier molecular flexibility index (Phi) is 5.43. The van der Waals surface area contributed by atoms with Crippen LogP contribution >= 0.6 is 0 Å². The quantitative estimate of drug-likeness (QED) is 0.694. The summed E-state index contributed by atoms with van der Waals surface area (Å²) < 4.78 is 11.9. The van der Waals surface area contributed by atoms with Gasteiger partial charge in [0.2, 0.25) is 5.91 Å². The van der Waals surface area contributed by atoms with Gasteiger partial charge < -0.3 is 14.8 Å². The van der Waals surface area contributed by atoms with Gasteiger partial charge in [0.25, 0.3) is 0 Å². The van der Waals surface area contributed by atoms with Gasteiger partial charge in [0, 0.05) is 6.54 Å². The van der Waals surface area contributed by atoms with Crippen LogP contribution in [-0.4, -0.2) is 40.3 Å². The third kappa shape index (κ3) is 3.80. The first-order chi connectivity index (χ1) is 12.7. The molecule has 0 saturated heterocycles. The number of carbonyl (C=O) groups is 1. The number of rotatable bonds is 7. The van der Waals surface area contributed by atoms with Crippen LogP contribution in [0, 0.1) is 0 Å². The Morgan fingerprint density at radius 1 is 1.12 bits per heavy atom. The smallest absolute Gasteiger partial charge is 0.249 e. The molecule has 1 amide bonds. The first-order valence-electron chi connectivity index (χ1n) is 7.99. The molecule has 8 nitrogen and oxygen atoms in total. The standard InChI is InChI=1S/C18H19N5O3/c1-25-15-9-8-13(10-16(15)26-2)11-19-18(24)17(23-12-20-21-22-23)14-6-4-3-5-7-14/h3-10,12,17H,11H2,1-2H3,(H,19,24). The van der Waals surface area contributed by atoms with Crippen molar-refractivity contribution in [2.24, 2.45) is 0 Å². The summed E-state index contributed by atoms with van der Waals surface area (Å²) in [5.74, 6) is 1.04. The van der Waals surface area contributed by atoms with E-state index in [9.17, 15) is 4.79 Å². The zero-order valence-electron chi connectivity index (χ0n) is 14.5. The fourth-order valence-corrected chi connectivity index (χ4v) is 2.62. The molecular formula is C18H19N5O3. The second kappa shape index (κ2) is 8.11. The van der Waals surface area contributed by atoms with E-state index in [1.54, 1.807) is 20.3 Å². The van der Waals surface area contributed by atoms with Crippen molar-refractivity contribution in [1.82, 2.24) is 25.5 Å². The molecule has 3 aromatic rings. The summed E-state index contributed by atoms with van der Waals surface area (Å²) in [6.07, 6.45) is 1.42. The van der Waals surface area contributed by atoms with Crippen LogP contribution in [-0.2, 0) is 11.3 Å². The molecule has 1 N–H and O–H groups in total. The number of hydrogen-bond acceptors (Lipinski definition) is 6. The molecule has 0 saturated carbocycles. The van der Waals surface area contributed by atoms with Crippen molar-refractivity contribution < 1.29 is 14.3 Å². The zero-order chi connectivity index (χ0) is 18.4. The minimum absolute atomic E-state index is 0.210. The maximum Gasteiger partial charge on any atom is 0.249 e. The lowest BCUT2D eigenvalue weighted by atomic mass is 10.1. The van der Waals surface area contributed by atoms with E-state index in [4.69, 9.17) is 9.47 Å². The molecular weight excluding hydrogens is 334 g/mol. The lowest BCUT2D eigenvalue weighted by Crippen LogP contribution is -2.33. The van der Waals surface area contributed by atoms with E-state index in [1.165, 1.54) is 11.0 Å². The van der Waals surface area contributed by atoms with Crippen LogP contribution < -0.4 is 14.8 Å². The Morgan fingerprint density at radius 3 is 2.54 bits per heavy atom. The van der Waals surface area contributed by atoms with Crippen LogP contribution in [0.4, 0.5) is 0 Å². The first kappa shape index (κ1) is 17.4. The second-order valence-corrected chi connectivity index (χ2v) is 5.51. The Bertz CT molecular complexity index is 853. The molecule has 0 bridgehead atoms. The van der Waals surface area contributed by atoms with Crippen LogP contribution in [0.5, 0.6) is 11.5 Å². The largest absolute Gasteiger partial charge is 0.493 e. The van der Waals surface area contributed by atoms with Crippen molar-refractivity contribution in [3.05, 3.63) is 66.0 Å². The third-order valence-electron chi connectivity index (χ3n) is 3.91. The SMILES string of the molecule is COc1ccc(CNC(=O)C(c2ccccc2)n2cnnn2)cc1OC. The van der Waals surface area contributed by atoms with Gasteiger partial charge in [-0.1, -0.05) is 36.4 Å². The number of ether oxygens (including phenoxy) is 2. The number of carbonyl (C=O) groups excluding carboxylic acids is 1. The number of nitrogens with one attached hydrogen (secondary N) is 1. The maximum absolute atomic E-state index is 12.8. The Labute approximate surface area is 150 Å². The predicted molar refractivity (Wildman–Crippen MR) is 93.8 cm³/mol. The molecule has 1 atom stereocenters. The van der Waals surface area contributed by atoms with Gasteiger partial charge in [-0.15, -0.1) is 5.10 Å². The van der Waals surface area contributed by atoms with Gasteiger partial charge in [-0.25, -0.2) is 4.68 Å². The van der Waals surface area contributed by atoms with Crippen LogP contribution in [0.15, 0.2) is 54.9 Å². The number of aromatic nitrogens is 4. The number of tetrazole rings is 1. The van der Waals surface area contributed by atoms with Crippen LogP contribution in [0.2, 0.25) is 0 Å². The van der Waals surface area contributed by atoms with Crippen molar-refractivity contribution >= 4 is 5.91 Å². The number of benzene rings is 2. The summed E-state index contributed by atoms with van der Waals surface area (Å²) in [4.78, 5) is 12.8. The highest BCUT2D eigenvalue weighted by Gasteiger charge is 2.23. The van der Waals surface area contributed by atoms with E-state index in [0.29, 0.717) is 18.0 Å². The van der Waals surface area contributed by atoms with Gasteiger partial charge in [-0.3, -0.25) is 4.79 Å². The highest BCUT2D eigenvalue weighted by molar-refractivity contribution is 5.83. The molecule has 0 aliphatic heterocycles. The fraction of sp³-hybridized carbons (Fsp3) is 0.222. The van der Waals surface area contributed by atoms with E-state index in [1.807, 2.05) is 42.5 Å².